The van der Waals surface area contributed by atoms with Gasteiger partial charge in [0.15, 0.2) is 0 Å². The van der Waals surface area contributed by atoms with Gasteiger partial charge in [-0.1, -0.05) is 12.1 Å². The number of nitrogens with two attached hydrogens (primary N) is 1. The zero-order chi connectivity index (χ0) is 17.6. The van der Waals surface area contributed by atoms with Gasteiger partial charge in [-0.15, -0.1) is 24.8 Å². The number of piperazine rings is 1. The largest absolute Gasteiger partial charge is 0.495 e. The fraction of sp³-hybridized carbons (Fsp3) is 0.316. The summed E-state index contributed by atoms with van der Waals surface area (Å²) < 4.78 is 5.44. The fourth-order valence-corrected chi connectivity index (χ4v) is 3.01. The van der Waals surface area contributed by atoms with Crippen molar-refractivity contribution in [2.75, 3.05) is 55.8 Å². The summed E-state index contributed by atoms with van der Waals surface area (Å²) in [4.78, 5) is 16.7. The number of carbonyl (C=O) groups excluding carboxylic acids is 1. The molecule has 0 spiro atoms. The number of hydrogen-bond donors (Lipinski definition) is 2. The van der Waals surface area contributed by atoms with E-state index >= 15 is 0 Å². The van der Waals surface area contributed by atoms with Crippen LogP contribution < -0.4 is 20.7 Å². The van der Waals surface area contributed by atoms with Crippen molar-refractivity contribution in [1.82, 2.24) is 4.90 Å². The maximum absolute atomic E-state index is 12.2. The van der Waals surface area contributed by atoms with E-state index in [4.69, 9.17) is 10.5 Å². The Bertz CT molecular complexity index is 720. The Morgan fingerprint density at radius 3 is 2.30 bits per heavy atom. The number of anilines is 3. The Morgan fingerprint density at radius 1 is 1.04 bits per heavy atom. The highest BCUT2D eigenvalue weighted by molar-refractivity contribution is 5.92. The Morgan fingerprint density at radius 2 is 1.67 bits per heavy atom. The van der Waals surface area contributed by atoms with Crippen LogP contribution in [0.2, 0.25) is 0 Å². The van der Waals surface area contributed by atoms with Gasteiger partial charge < -0.3 is 20.7 Å². The van der Waals surface area contributed by atoms with Crippen LogP contribution in [0.4, 0.5) is 17.1 Å². The van der Waals surface area contributed by atoms with Crippen LogP contribution in [0.15, 0.2) is 48.5 Å². The van der Waals surface area contributed by atoms with Crippen LogP contribution in [-0.2, 0) is 4.79 Å². The average Bonchev–Trinajstić information content (AvgIpc) is 2.64. The summed E-state index contributed by atoms with van der Waals surface area (Å²) in [5.41, 5.74) is 8.22. The number of nitrogens with one attached hydrogen (secondary N) is 1. The molecule has 27 heavy (non-hydrogen) atoms. The fourth-order valence-electron chi connectivity index (χ4n) is 3.01. The van der Waals surface area contributed by atoms with Crippen molar-refractivity contribution in [2.45, 2.75) is 0 Å². The number of methoxy groups -OCH3 is 1. The minimum absolute atomic E-state index is 0. The number of benzene rings is 2. The Kier molecular flexibility index (Phi) is 9.21. The Labute approximate surface area is 172 Å². The zero-order valence-electron chi connectivity index (χ0n) is 15.3. The highest BCUT2D eigenvalue weighted by atomic mass is 35.5. The topological polar surface area (TPSA) is 70.8 Å². The normalized spacial score (nSPS) is 13.9. The van der Waals surface area contributed by atoms with E-state index in [1.807, 2.05) is 30.3 Å². The van der Waals surface area contributed by atoms with E-state index in [2.05, 4.69) is 21.2 Å². The lowest BCUT2D eigenvalue weighted by Gasteiger charge is -2.36. The second kappa shape index (κ2) is 10.9. The third-order valence-electron chi connectivity index (χ3n) is 4.36. The standard InChI is InChI=1S/C19H24N4O2.2ClH/c1-25-18-5-3-2-4-17(18)23-12-10-22(11-13-23)14-19(24)21-16-8-6-15(20)7-9-16;;/h2-9H,10-14,20H2,1H3,(H,21,24);2*1H. The van der Waals surface area contributed by atoms with Gasteiger partial charge in [0.2, 0.25) is 5.91 Å². The zero-order valence-corrected chi connectivity index (χ0v) is 16.9. The third kappa shape index (κ3) is 6.20. The highest BCUT2D eigenvalue weighted by Crippen LogP contribution is 2.28. The van der Waals surface area contributed by atoms with Gasteiger partial charge in [0, 0.05) is 37.6 Å². The van der Waals surface area contributed by atoms with Gasteiger partial charge in [0.25, 0.3) is 0 Å². The number of halogens is 2. The quantitative estimate of drug-likeness (QED) is 0.738. The average molecular weight is 413 g/mol. The van der Waals surface area contributed by atoms with Gasteiger partial charge in [0.1, 0.15) is 5.75 Å². The van der Waals surface area contributed by atoms with Crippen molar-refractivity contribution in [3.63, 3.8) is 0 Å². The lowest BCUT2D eigenvalue weighted by Crippen LogP contribution is -2.48. The van der Waals surface area contributed by atoms with Crippen LogP contribution in [0.1, 0.15) is 0 Å². The van der Waals surface area contributed by atoms with Gasteiger partial charge in [-0.25, -0.2) is 0 Å². The summed E-state index contributed by atoms with van der Waals surface area (Å²) in [6.07, 6.45) is 0. The summed E-state index contributed by atoms with van der Waals surface area (Å²) >= 11 is 0. The molecule has 0 atom stereocenters. The van der Waals surface area contributed by atoms with E-state index in [0.29, 0.717) is 12.2 Å². The first-order valence-electron chi connectivity index (χ1n) is 8.41. The van der Waals surface area contributed by atoms with Gasteiger partial charge >= 0.3 is 0 Å². The molecule has 1 amide bonds. The first-order chi connectivity index (χ1) is 12.2. The van der Waals surface area contributed by atoms with Crippen LogP contribution in [0.25, 0.3) is 0 Å². The number of para-hydroxylation sites is 2. The number of amides is 1. The molecule has 0 aliphatic carbocycles. The van der Waals surface area contributed by atoms with E-state index in [-0.39, 0.29) is 30.7 Å². The first-order valence-corrected chi connectivity index (χ1v) is 8.41. The van der Waals surface area contributed by atoms with Crippen molar-refractivity contribution in [2.24, 2.45) is 0 Å². The smallest absolute Gasteiger partial charge is 0.238 e. The monoisotopic (exact) mass is 412 g/mol. The number of ether oxygens (including phenoxy) is 1. The molecule has 6 nitrogen and oxygen atoms in total. The number of hydrogen-bond acceptors (Lipinski definition) is 5. The summed E-state index contributed by atoms with van der Waals surface area (Å²) in [5, 5.41) is 2.91. The van der Waals surface area contributed by atoms with E-state index in [0.717, 1.165) is 43.3 Å². The molecule has 0 unspecified atom stereocenters. The molecule has 8 heteroatoms. The van der Waals surface area contributed by atoms with Crippen LogP contribution in [0.3, 0.4) is 0 Å². The molecule has 1 saturated heterocycles. The molecule has 2 aromatic carbocycles. The molecule has 2 aromatic rings. The molecule has 0 saturated carbocycles. The summed E-state index contributed by atoms with van der Waals surface area (Å²) in [7, 11) is 1.69. The molecular formula is C19H26Cl2N4O2. The molecule has 0 aromatic heterocycles. The predicted octanol–water partition coefficient (Wildman–Crippen LogP) is 2.88. The summed E-state index contributed by atoms with van der Waals surface area (Å²) in [6.45, 7) is 3.82. The van der Waals surface area contributed by atoms with Gasteiger partial charge in [-0.3, -0.25) is 9.69 Å². The maximum atomic E-state index is 12.2. The molecule has 1 heterocycles. The molecule has 0 radical (unpaired) electrons. The van der Waals surface area contributed by atoms with Crippen molar-refractivity contribution in [3.05, 3.63) is 48.5 Å². The second-order valence-electron chi connectivity index (χ2n) is 6.11. The Hall–Kier alpha value is -2.15. The molecule has 3 rings (SSSR count). The van der Waals surface area contributed by atoms with Crippen LogP contribution >= 0.6 is 24.8 Å². The predicted molar refractivity (Wildman–Crippen MR) is 116 cm³/mol. The Balaban J connectivity index is 0.00000182. The SMILES string of the molecule is COc1ccccc1N1CCN(CC(=O)Nc2ccc(N)cc2)CC1.Cl.Cl. The molecular weight excluding hydrogens is 387 g/mol. The second-order valence-corrected chi connectivity index (χ2v) is 6.11. The minimum atomic E-state index is -0.00415. The number of rotatable bonds is 5. The first kappa shape index (κ1) is 22.9. The van der Waals surface area contributed by atoms with Gasteiger partial charge in [0.05, 0.1) is 19.3 Å². The minimum Gasteiger partial charge on any atom is -0.495 e. The van der Waals surface area contributed by atoms with Crippen molar-refractivity contribution < 1.29 is 9.53 Å². The molecule has 148 valence electrons. The van der Waals surface area contributed by atoms with Crippen molar-refractivity contribution in [1.29, 1.82) is 0 Å². The van der Waals surface area contributed by atoms with Gasteiger partial charge in [-0.2, -0.15) is 0 Å². The molecule has 1 fully saturated rings. The third-order valence-corrected chi connectivity index (χ3v) is 4.36. The van der Waals surface area contributed by atoms with E-state index in [1.165, 1.54) is 0 Å². The molecule has 1 aliphatic rings. The lowest BCUT2D eigenvalue weighted by atomic mass is 10.2. The number of nitrogen functional groups attached to an aromatic ring is 1. The van der Waals surface area contributed by atoms with Crippen LogP contribution in [0, 0.1) is 0 Å². The van der Waals surface area contributed by atoms with Crippen molar-refractivity contribution in [3.8, 4) is 5.75 Å². The lowest BCUT2D eigenvalue weighted by molar-refractivity contribution is -0.117. The van der Waals surface area contributed by atoms with E-state index in [1.54, 1.807) is 19.2 Å². The van der Waals surface area contributed by atoms with Crippen LogP contribution in [0.5, 0.6) is 5.75 Å². The van der Waals surface area contributed by atoms with E-state index in [9.17, 15) is 4.79 Å². The number of nitrogens with zero attached hydrogens (tertiary/aromatic N) is 2. The molecule has 1 aliphatic heterocycles. The van der Waals surface area contributed by atoms with E-state index < -0.39 is 0 Å². The number of carbonyl (C=O) groups is 1. The van der Waals surface area contributed by atoms with Crippen molar-refractivity contribution >= 4 is 47.8 Å². The summed E-state index contributed by atoms with van der Waals surface area (Å²) in [5.74, 6) is 0.882. The van der Waals surface area contributed by atoms with Crippen LogP contribution in [-0.4, -0.2) is 50.6 Å². The molecule has 3 N–H and O–H groups in total. The van der Waals surface area contributed by atoms with Gasteiger partial charge in [-0.05, 0) is 36.4 Å². The highest BCUT2D eigenvalue weighted by Gasteiger charge is 2.21. The molecule has 0 bridgehead atoms. The summed E-state index contributed by atoms with van der Waals surface area (Å²) in [6, 6.07) is 15.2. The maximum Gasteiger partial charge on any atom is 0.238 e.